The first-order valence-corrected chi connectivity index (χ1v) is 11.1. The fourth-order valence-electron chi connectivity index (χ4n) is 4.26. The molecule has 2 aliphatic heterocycles. The first-order valence-electron chi connectivity index (χ1n) is 11.1. The van der Waals surface area contributed by atoms with Gasteiger partial charge in [-0.1, -0.05) is 13.0 Å². The molecule has 0 aliphatic carbocycles. The summed E-state index contributed by atoms with van der Waals surface area (Å²) in [5, 5.41) is 3.19. The normalized spacial score (nSPS) is 19.1. The van der Waals surface area contributed by atoms with Crippen LogP contribution in [0, 0.1) is 12.8 Å². The van der Waals surface area contributed by atoms with Crippen molar-refractivity contribution < 1.29 is 4.79 Å². The van der Waals surface area contributed by atoms with Gasteiger partial charge in [0.2, 0.25) is 5.95 Å². The predicted molar refractivity (Wildman–Crippen MR) is 117 cm³/mol. The lowest BCUT2D eigenvalue weighted by molar-refractivity contribution is 0.0907. The Labute approximate surface area is 178 Å². The van der Waals surface area contributed by atoms with E-state index in [4.69, 9.17) is 0 Å². The van der Waals surface area contributed by atoms with Crippen molar-refractivity contribution in [2.75, 3.05) is 31.1 Å². The number of pyridine rings is 1. The molecule has 2 aromatic rings. The van der Waals surface area contributed by atoms with Crippen LogP contribution in [0.3, 0.4) is 0 Å². The van der Waals surface area contributed by atoms with Crippen molar-refractivity contribution in [2.24, 2.45) is 5.92 Å². The molecule has 2 saturated heterocycles. The smallest absolute Gasteiger partial charge is 0.254 e. The lowest BCUT2D eigenvalue weighted by atomic mass is 10.00. The summed E-state index contributed by atoms with van der Waals surface area (Å²) in [4.78, 5) is 31.0. The number of piperidine rings is 2. The maximum Gasteiger partial charge on any atom is 0.254 e. The first-order chi connectivity index (χ1) is 14.6. The highest BCUT2D eigenvalue weighted by molar-refractivity contribution is 5.95. The molecule has 2 aliphatic rings. The van der Waals surface area contributed by atoms with Crippen LogP contribution in [0.1, 0.15) is 54.4 Å². The summed E-state index contributed by atoms with van der Waals surface area (Å²) in [5.41, 5.74) is 2.43. The topological polar surface area (TPSA) is 74.2 Å². The minimum atomic E-state index is -0.0607. The van der Waals surface area contributed by atoms with E-state index in [1.807, 2.05) is 25.3 Å². The van der Waals surface area contributed by atoms with E-state index in [-0.39, 0.29) is 11.9 Å². The predicted octanol–water partition coefficient (Wildman–Crippen LogP) is 2.81. The summed E-state index contributed by atoms with van der Waals surface area (Å²) in [6.45, 7) is 8.96. The molecule has 4 rings (SSSR count). The Morgan fingerprint density at radius 3 is 2.53 bits per heavy atom. The fourth-order valence-corrected chi connectivity index (χ4v) is 4.26. The Bertz CT molecular complexity index is 842. The van der Waals surface area contributed by atoms with Crippen LogP contribution < -0.4 is 10.2 Å². The van der Waals surface area contributed by atoms with E-state index in [0.29, 0.717) is 5.56 Å². The van der Waals surface area contributed by atoms with Crippen LogP contribution >= 0.6 is 0 Å². The van der Waals surface area contributed by atoms with E-state index in [2.05, 4.69) is 43.1 Å². The van der Waals surface area contributed by atoms with E-state index < -0.39 is 0 Å². The van der Waals surface area contributed by atoms with Gasteiger partial charge in [-0.25, -0.2) is 9.97 Å². The molecule has 7 nitrogen and oxygen atoms in total. The number of carbonyl (C=O) groups excluding carboxylic acids is 1. The van der Waals surface area contributed by atoms with Gasteiger partial charge >= 0.3 is 0 Å². The van der Waals surface area contributed by atoms with Gasteiger partial charge in [0.05, 0.1) is 17.0 Å². The van der Waals surface area contributed by atoms with Gasteiger partial charge < -0.3 is 10.2 Å². The molecule has 0 spiro atoms. The van der Waals surface area contributed by atoms with Gasteiger partial charge in [-0.05, 0) is 50.7 Å². The third-order valence-electron chi connectivity index (χ3n) is 6.31. The first kappa shape index (κ1) is 20.7. The second-order valence-electron chi connectivity index (χ2n) is 8.68. The van der Waals surface area contributed by atoms with Crippen LogP contribution in [0.2, 0.25) is 0 Å². The van der Waals surface area contributed by atoms with Gasteiger partial charge in [-0.2, -0.15) is 0 Å². The van der Waals surface area contributed by atoms with Crippen LogP contribution in [0.5, 0.6) is 0 Å². The molecule has 2 aromatic heterocycles. The van der Waals surface area contributed by atoms with Gasteiger partial charge in [0.15, 0.2) is 0 Å². The maximum absolute atomic E-state index is 12.8. The Kier molecular flexibility index (Phi) is 6.57. The van der Waals surface area contributed by atoms with Crippen molar-refractivity contribution in [1.82, 2.24) is 25.2 Å². The van der Waals surface area contributed by atoms with Gasteiger partial charge in [-0.3, -0.25) is 14.7 Å². The average molecular weight is 409 g/mol. The van der Waals surface area contributed by atoms with Crippen LogP contribution in [-0.2, 0) is 6.54 Å². The number of amides is 1. The number of aromatic nitrogens is 3. The highest BCUT2D eigenvalue weighted by Gasteiger charge is 2.23. The van der Waals surface area contributed by atoms with Crippen molar-refractivity contribution >= 4 is 11.9 Å². The molecule has 160 valence electrons. The van der Waals surface area contributed by atoms with E-state index in [1.165, 1.54) is 12.8 Å². The van der Waals surface area contributed by atoms with Crippen molar-refractivity contribution in [1.29, 1.82) is 0 Å². The van der Waals surface area contributed by atoms with Crippen LogP contribution in [0.25, 0.3) is 0 Å². The molecule has 0 unspecified atom stereocenters. The number of rotatable bonds is 5. The molecular formula is C23H32N6O. The van der Waals surface area contributed by atoms with Crippen LogP contribution in [0.4, 0.5) is 5.95 Å². The number of carbonyl (C=O) groups is 1. The summed E-state index contributed by atoms with van der Waals surface area (Å²) in [6.07, 6.45) is 7.77. The minimum absolute atomic E-state index is 0.0607. The molecule has 0 radical (unpaired) electrons. The number of aryl methyl sites for hydroxylation is 1. The minimum Gasteiger partial charge on any atom is -0.349 e. The summed E-state index contributed by atoms with van der Waals surface area (Å²) >= 11 is 0. The molecule has 0 saturated carbocycles. The number of nitrogens with zero attached hydrogens (tertiary/aromatic N) is 5. The van der Waals surface area contributed by atoms with Gasteiger partial charge in [0.25, 0.3) is 5.91 Å². The molecule has 2 fully saturated rings. The lowest BCUT2D eigenvalue weighted by Gasteiger charge is -2.32. The number of nitrogens with one attached hydrogen (secondary N) is 1. The third kappa shape index (κ3) is 5.14. The second kappa shape index (κ2) is 9.51. The summed E-state index contributed by atoms with van der Waals surface area (Å²) in [7, 11) is 0. The number of hydrogen-bond acceptors (Lipinski definition) is 6. The number of anilines is 1. The highest BCUT2D eigenvalue weighted by atomic mass is 16.1. The Morgan fingerprint density at radius 1 is 1.10 bits per heavy atom. The van der Waals surface area contributed by atoms with Crippen LogP contribution in [-0.4, -0.2) is 58.0 Å². The summed E-state index contributed by atoms with van der Waals surface area (Å²) < 4.78 is 0. The van der Waals surface area contributed by atoms with Gasteiger partial charge in [0.1, 0.15) is 0 Å². The SMILES string of the molecule is Cc1nc(N2CCC(C)CC2)ncc1C(=O)NC1CCN(Cc2ccccn2)CC1. The Hall–Kier alpha value is -2.54. The average Bonchev–Trinajstić information content (AvgIpc) is 2.76. The van der Waals surface area contributed by atoms with E-state index in [9.17, 15) is 4.79 Å². The molecule has 1 N–H and O–H groups in total. The monoisotopic (exact) mass is 408 g/mol. The third-order valence-corrected chi connectivity index (χ3v) is 6.31. The summed E-state index contributed by atoms with van der Waals surface area (Å²) in [5.74, 6) is 1.45. The number of likely N-dealkylation sites (tertiary alicyclic amines) is 1. The zero-order chi connectivity index (χ0) is 20.9. The van der Waals surface area contributed by atoms with E-state index in [0.717, 1.165) is 68.8 Å². The molecule has 30 heavy (non-hydrogen) atoms. The van der Waals surface area contributed by atoms with Gasteiger partial charge in [0, 0.05) is 51.2 Å². The quantitative estimate of drug-likeness (QED) is 0.820. The number of hydrogen-bond donors (Lipinski definition) is 1. The molecule has 7 heteroatoms. The molecule has 4 heterocycles. The molecule has 0 aromatic carbocycles. The van der Waals surface area contributed by atoms with Crippen molar-refractivity contribution in [2.45, 2.75) is 52.1 Å². The fraction of sp³-hybridized carbons (Fsp3) is 0.565. The lowest BCUT2D eigenvalue weighted by Crippen LogP contribution is -2.44. The van der Waals surface area contributed by atoms with Crippen LogP contribution in [0.15, 0.2) is 30.6 Å². The zero-order valence-corrected chi connectivity index (χ0v) is 18.0. The standard InChI is InChI=1S/C23H32N6O/c1-17-6-13-29(14-7-17)23-25-15-21(18(2)26-23)22(30)27-19-8-11-28(12-9-19)16-20-5-3-4-10-24-20/h3-5,10,15,17,19H,6-9,11-14,16H2,1-2H3,(H,27,30). The van der Waals surface area contributed by atoms with Crippen molar-refractivity contribution in [3.63, 3.8) is 0 Å². The largest absolute Gasteiger partial charge is 0.349 e. The second-order valence-corrected chi connectivity index (χ2v) is 8.68. The molecule has 1 amide bonds. The maximum atomic E-state index is 12.8. The van der Waals surface area contributed by atoms with E-state index >= 15 is 0 Å². The molecule has 0 bridgehead atoms. The Balaban J connectivity index is 1.29. The Morgan fingerprint density at radius 2 is 1.87 bits per heavy atom. The molecule has 0 atom stereocenters. The highest BCUT2D eigenvalue weighted by Crippen LogP contribution is 2.21. The van der Waals surface area contributed by atoms with Gasteiger partial charge in [-0.15, -0.1) is 0 Å². The zero-order valence-electron chi connectivity index (χ0n) is 18.0. The van der Waals surface area contributed by atoms with Crippen molar-refractivity contribution in [3.05, 3.63) is 47.5 Å². The van der Waals surface area contributed by atoms with Crippen molar-refractivity contribution in [3.8, 4) is 0 Å². The molecular weight excluding hydrogens is 376 g/mol. The van der Waals surface area contributed by atoms with E-state index in [1.54, 1.807) is 6.20 Å². The summed E-state index contributed by atoms with van der Waals surface area (Å²) in [6, 6.07) is 6.22.